The minimum atomic E-state index is -0.380. The summed E-state index contributed by atoms with van der Waals surface area (Å²) in [6.07, 6.45) is 1.02. The highest BCUT2D eigenvalue weighted by Crippen LogP contribution is 2.32. The smallest absolute Gasteiger partial charge is 0.407 e. The van der Waals surface area contributed by atoms with Gasteiger partial charge >= 0.3 is 6.09 Å². The molecule has 0 spiro atoms. The van der Waals surface area contributed by atoms with Crippen LogP contribution in [0.15, 0.2) is 54.6 Å². The fourth-order valence-corrected chi connectivity index (χ4v) is 5.65. The van der Waals surface area contributed by atoms with Gasteiger partial charge in [-0.3, -0.25) is 4.79 Å². The van der Waals surface area contributed by atoms with Gasteiger partial charge in [-0.15, -0.1) is 0 Å². The van der Waals surface area contributed by atoms with Crippen molar-refractivity contribution in [3.8, 4) is 0 Å². The summed E-state index contributed by atoms with van der Waals surface area (Å²) in [5, 5.41) is 6.17. The summed E-state index contributed by atoms with van der Waals surface area (Å²) in [7, 11) is 1.87. The lowest BCUT2D eigenvalue weighted by molar-refractivity contribution is 0.0773. The standard InChI is InChI=1S/C28H36N4O4/c1-29-24-9-7-21(8-10-24)27(33)32-17-22-15-31(16-23(22)18-32)13-11-26(20-5-3-2-4-6-20)30-28(34)36-25-12-14-35-19-25/h2-10,22-23,25-26,29H,11-19H2,1H3,(H,30,34)/t22-,23?,25?,26?/m0/s1. The number of nitrogens with one attached hydrogen (secondary N) is 2. The van der Waals surface area contributed by atoms with Crippen molar-refractivity contribution in [2.45, 2.75) is 25.0 Å². The summed E-state index contributed by atoms with van der Waals surface area (Å²) in [6, 6.07) is 17.7. The number of likely N-dealkylation sites (tertiary alicyclic amines) is 2. The van der Waals surface area contributed by atoms with E-state index in [2.05, 4.69) is 27.7 Å². The Morgan fingerprint density at radius 2 is 1.75 bits per heavy atom. The van der Waals surface area contributed by atoms with Gasteiger partial charge in [0.05, 0.1) is 19.3 Å². The Balaban J connectivity index is 1.13. The molecule has 3 aliphatic rings. The summed E-state index contributed by atoms with van der Waals surface area (Å²) in [6.45, 7) is 5.59. The van der Waals surface area contributed by atoms with Crippen LogP contribution in [-0.4, -0.2) is 80.9 Å². The van der Waals surface area contributed by atoms with Crippen molar-refractivity contribution in [3.63, 3.8) is 0 Å². The molecule has 0 aromatic heterocycles. The largest absolute Gasteiger partial charge is 0.444 e. The molecule has 0 radical (unpaired) electrons. The highest BCUT2D eigenvalue weighted by Gasteiger charge is 2.41. The molecule has 192 valence electrons. The number of hydrogen-bond donors (Lipinski definition) is 2. The molecule has 3 fully saturated rings. The lowest BCUT2D eigenvalue weighted by Crippen LogP contribution is -2.36. The Bertz CT molecular complexity index is 1010. The van der Waals surface area contributed by atoms with Crippen molar-refractivity contribution in [2.75, 3.05) is 58.3 Å². The summed E-state index contributed by atoms with van der Waals surface area (Å²) in [4.78, 5) is 30.0. The third kappa shape index (κ3) is 5.82. The Hall–Kier alpha value is -3.10. The second-order valence-electron chi connectivity index (χ2n) is 10.1. The van der Waals surface area contributed by atoms with Crippen molar-refractivity contribution in [2.24, 2.45) is 11.8 Å². The maximum atomic E-state index is 13.0. The average Bonchev–Trinajstić information content (AvgIpc) is 3.64. The van der Waals surface area contributed by atoms with Crippen LogP contribution in [-0.2, 0) is 9.47 Å². The van der Waals surface area contributed by atoms with Crippen LogP contribution in [0.5, 0.6) is 0 Å². The average molecular weight is 493 g/mol. The van der Waals surface area contributed by atoms with Gasteiger partial charge in [-0.25, -0.2) is 4.79 Å². The van der Waals surface area contributed by atoms with E-state index in [1.807, 2.05) is 54.4 Å². The van der Waals surface area contributed by atoms with Crippen molar-refractivity contribution in [1.29, 1.82) is 0 Å². The minimum Gasteiger partial charge on any atom is -0.444 e. The number of rotatable bonds is 8. The quantitative estimate of drug-likeness (QED) is 0.588. The van der Waals surface area contributed by atoms with Gasteiger partial charge in [-0.1, -0.05) is 30.3 Å². The van der Waals surface area contributed by atoms with Crippen molar-refractivity contribution in [1.82, 2.24) is 15.1 Å². The Morgan fingerprint density at radius 3 is 2.39 bits per heavy atom. The normalized spacial score (nSPS) is 24.4. The van der Waals surface area contributed by atoms with Gasteiger partial charge in [0, 0.05) is 57.4 Å². The van der Waals surface area contributed by atoms with E-state index in [0.29, 0.717) is 25.0 Å². The number of fused-ring (bicyclic) bond motifs is 1. The van der Waals surface area contributed by atoms with E-state index in [1.165, 1.54) is 0 Å². The van der Waals surface area contributed by atoms with Gasteiger partial charge in [0.25, 0.3) is 5.91 Å². The molecule has 3 aliphatic heterocycles. The Morgan fingerprint density at radius 1 is 1.03 bits per heavy atom. The summed E-state index contributed by atoms with van der Waals surface area (Å²) >= 11 is 0. The zero-order valence-corrected chi connectivity index (χ0v) is 20.9. The fourth-order valence-electron chi connectivity index (χ4n) is 5.65. The molecule has 5 rings (SSSR count). The molecule has 2 aromatic carbocycles. The van der Waals surface area contributed by atoms with Crippen LogP contribution in [0.2, 0.25) is 0 Å². The second kappa shape index (κ2) is 11.3. The van der Waals surface area contributed by atoms with E-state index in [1.54, 1.807) is 0 Å². The molecule has 0 bridgehead atoms. The predicted molar refractivity (Wildman–Crippen MR) is 138 cm³/mol. The molecule has 8 heteroatoms. The maximum absolute atomic E-state index is 13.0. The zero-order chi connectivity index (χ0) is 24.9. The molecule has 3 saturated heterocycles. The first-order valence-corrected chi connectivity index (χ1v) is 13.0. The summed E-state index contributed by atoms with van der Waals surface area (Å²) in [5.41, 5.74) is 2.83. The Kier molecular flexibility index (Phi) is 7.72. The number of nitrogens with zero attached hydrogens (tertiary/aromatic N) is 2. The number of ether oxygens (including phenoxy) is 2. The van der Waals surface area contributed by atoms with Gasteiger partial charge in [0.15, 0.2) is 0 Å². The molecule has 3 unspecified atom stereocenters. The third-order valence-electron chi connectivity index (χ3n) is 7.66. The lowest BCUT2D eigenvalue weighted by atomic mass is 10.0. The van der Waals surface area contributed by atoms with E-state index in [4.69, 9.17) is 9.47 Å². The molecule has 2 N–H and O–H groups in total. The molecular weight excluding hydrogens is 456 g/mol. The van der Waals surface area contributed by atoms with Crippen LogP contribution in [0.25, 0.3) is 0 Å². The van der Waals surface area contributed by atoms with Crippen LogP contribution >= 0.6 is 0 Å². The van der Waals surface area contributed by atoms with Crippen LogP contribution < -0.4 is 10.6 Å². The zero-order valence-electron chi connectivity index (χ0n) is 20.9. The van der Waals surface area contributed by atoms with Gasteiger partial charge in [-0.05, 0) is 48.1 Å². The highest BCUT2D eigenvalue weighted by atomic mass is 16.6. The third-order valence-corrected chi connectivity index (χ3v) is 7.66. The number of amides is 2. The van der Waals surface area contributed by atoms with E-state index >= 15 is 0 Å². The van der Waals surface area contributed by atoms with Gasteiger partial charge < -0.3 is 29.9 Å². The topological polar surface area (TPSA) is 83.1 Å². The first-order chi connectivity index (χ1) is 17.6. The number of hydrogen-bond acceptors (Lipinski definition) is 6. The van der Waals surface area contributed by atoms with Gasteiger partial charge in [-0.2, -0.15) is 0 Å². The molecule has 0 aliphatic carbocycles. The maximum Gasteiger partial charge on any atom is 0.407 e. The fraction of sp³-hybridized carbons (Fsp3) is 0.500. The van der Waals surface area contributed by atoms with Crippen molar-refractivity contribution >= 4 is 17.7 Å². The summed E-state index contributed by atoms with van der Waals surface area (Å²) < 4.78 is 10.9. The van der Waals surface area contributed by atoms with Crippen LogP contribution in [0, 0.1) is 11.8 Å². The van der Waals surface area contributed by atoms with Crippen LogP contribution in [0.3, 0.4) is 0 Å². The van der Waals surface area contributed by atoms with Crippen LogP contribution in [0.1, 0.15) is 34.8 Å². The second-order valence-corrected chi connectivity index (χ2v) is 10.1. The molecule has 3 heterocycles. The molecular formula is C28H36N4O4. The lowest BCUT2D eigenvalue weighted by Gasteiger charge is -2.25. The van der Waals surface area contributed by atoms with Gasteiger partial charge in [0.1, 0.15) is 6.10 Å². The highest BCUT2D eigenvalue weighted by molar-refractivity contribution is 5.94. The van der Waals surface area contributed by atoms with Gasteiger partial charge in [0.2, 0.25) is 0 Å². The van der Waals surface area contributed by atoms with E-state index in [9.17, 15) is 9.59 Å². The molecule has 8 nitrogen and oxygen atoms in total. The first kappa shape index (κ1) is 24.6. The number of carbonyl (C=O) groups is 2. The van der Waals surface area contributed by atoms with E-state index < -0.39 is 0 Å². The van der Waals surface area contributed by atoms with Crippen molar-refractivity contribution in [3.05, 3.63) is 65.7 Å². The Labute approximate surface area is 212 Å². The van der Waals surface area contributed by atoms with E-state index in [0.717, 1.165) is 62.4 Å². The SMILES string of the molecule is CNc1ccc(C(=O)N2CC3CN(CCC(NC(=O)OC4CCOC4)c4ccccc4)C[C@H]3C2)cc1. The van der Waals surface area contributed by atoms with Crippen molar-refractivity contribution < 1.29 is 19.1 Å². The van der Waals surface area contributed by atoms with E-state index in [-0.39, 0.29) is 24.1 Å². The molecule has 0 saturated carbocycles. The monoisotopic (exact) mass is 492 g/mol. The molecule has 36 heavy (non-hydrogen) atoms. The molecule has 2 aromatic rings. The number of anilines is 1. The molecule has 4 atom stereocenters. The number of carbonyl (C=O) groups excluding carboxylic acids is 2. The summed E-state index contributed by atoms with van der Waals surface area (Å²) in [5.74, 6) is 1.13. The molecule has 2 amide bonds. The first-order valence-electron chi connectivity index (χ1n) is 13.0. The predicted octanol–water partition coefficient (Wildman–Crippen LogP) is 3.38. The minimum absolute atomic E-state index is 0.111. The van der Waals surface area contributed by atoms with Crippen LogP contribution in [0.4, 0.5) is 10.5 Å². The number of benzene rings is 2. The number of alkyl carbamates (subject to hydrolysis) is 1.